The minimum atomic E-state index is -1.93. The molecule has 1 aliphatic heterocycles. The maximum absolute atomic E-state index is 13.2. The molecule has 140 valence electrons. The summed E-state index contributed by atoms with van der Waals surface area (Å²) >= 11 is 0. The average molecular weight is 375 g/mol. The zero-order valence-corrected chi connectivity index (χ0v) is 15.0. The lowest BCUT2D eigenvalue weighted by atomic mass is 9.88. The number of halogens is 1. The van der Waals surface area contributed by atoms with Gasteiger partial charge in [-0.25, -0.2) is 4.39 Å². The lowest BCUT2D eigenvalue weighted by Crippen LogP contribution is -2.41. The number of rotatable bonds is 5. The quantitative estimate of drug-likeness (QED) is 0.690. The minimum Gasteiger partial charge on any atom is -0.375 e. The summed E-state index contributed by atoms with van der Waals surface area (Å²) < 4.78 is 13.2. The highest BCUT2D eigenvalue weighted by Gasteiger charge is 2.50. The molecule has 3 aromatic rings. The van der Waals surface area contributed by atoms with Gasteiger partial charge in [-0.15, -0.1) is 0 Å². The molecule has 0 bridgehead atoms. The second-order valence-corrected chi connectivity index (χ2v) is 6.86. The Hall–Kier alpha value is -3.31. The summed E-state index contributed by atoms with van der Waals surface area (Å²) in [7, 11) is 0. The molecule has 0 unspecified atom stereocenters. The Labute approximate surface area is 161 Å². The van der Waals surface area contributed by atoms with E-state index in [1.807, 2.05) is 0 Å². The SMILES string of the molecule is O=C(C[C@]1(O)C(=O)N(Cc2ccc(F)cc2)c2ccccc21)c1ccccc1. The fourth-order valence-corrected chi connectivity index (χ4v) is 3.57. The number of anilines is 1. The molecule has 1 heterocycles. The average Bonchev–Trinajstić information content (AvgIpc) is 2.92. The van der Waals surface area contributed by atoms with E-state index in [1.54, 1.807) is 66.7 Å². The van der Waals surface area contributed by atoms with Crippen LogP contribution in [0.4, 0.5) is 10.1 Å². The van der Waals surface area contributed by atoms with Crippen LogP contribution in [0.3, 0.4) is 0 Å². The number of carbonyl (C=O) groups is 2. The van der Waals surface area contributed by atoms with Crippen molar-refractivity contribution in [3.05, 3.63) is 101 Å². The Bertz CT molecular complexity index is 1030. The van der Waals surface area contributed by atoms with Gasteiger partial charge in [-0.1, -0.05) is 60.7 Å². The van der Waals surface area contributed by atoms with Crippen molar-refractivity contribution < 1.29 is 19.1 Å². The molecule has 3 aromatic carbocycles. The number of benzene rings is 3. The van der Waals surface area contributed by atoms with E-state index in [4.69, 9.17) is 0 Å². The van der Waals surface area contributed by atoms with Crippen molar-refractivity contribution in [1.82, 2.24) is 0 Å². The van der Waals surface area contributed by atoms with Gasteiger partial charge in [0.1, 0.15) is 5.82 Å². The number of carbonyl (C=O) groups excluding carboxylic acids is 2. The normalized spacial score (nSPS) is 18.2. The first kappa shape index (κ1) is 18.1. The fraction of sp³-hybridized carbons (Fsp3) is 0.130. The van der Waals surface area contributed by atoms with E-state index in [0.29, 0.717) is 16.8 Å². The van der Waals surface area contributed by atoms with Gasteiger partial charge in [-0.05, 0) is 23.8 Å². The van der Waals surface area contributed by atoms with E-state index >= 15 is 0 Å². The predicted octanol–water partition coefficient (Wildman–Crippen LogP) is 3.83. The van der Waals surface area contributed by atoms with E-state index < -0.39 is 11.5 Å². The van der Waals surface area contributed by atoms with Gasteiger partial charge < -0.3 is 10.0 Å². The molecule has 28 heavy (non-hydrogen) atoms. The largest absolute Gasteiger partial charge is 0.375 e. The summed E-state index contributed by atoms with van der Waals surface area (Å²) in [5.41, 5.74) is 0.205. The van der Waals surface area contributed by atoms with Gasteiger partial charge in [0.2, 0.25) is 0 Å². The van der Waals surface area contributed by atoms with Crippen molar-refractivity contribution in [2.24, 2.45) is 0 Å². The summed E-state index contributed by atoms with van der Waals surface area (Å²) in [5.74, 6) is -1.22. The molecule has 1 atom stereocenters. The number of amides is 1. The van der Waals surface area contributed by atoms with Gasteiger partial charge in [0.05, 0.1) is 18.7 Å². The van der Waals surface area contributed by atoms with E-state index in [9.17, 15) is 19.1 Å². The van der Waals surface area contributed by atoms with Crippen molar-refractivity contribution in [3.63, 3.8) is 0 Å². The van der Waals surface area contributed by atoms with Crippen LogP contribution in [0.2, 0.25) is 0 Å². The van der Waals surface area contributed by atoms with Crippen molar-refractivity contribution in [1.29, 1.82) is 0 Å². The lowest BCUT2D eigenvalue weighted by Gasteiger charge is -2.23. The molecule has 0 radical (unpaired) electrons. The fourth-order valence-electron chi connectivity index (χ4n) is 3.57. The molecular weight excluding hydrogens is 357 g/mol. The standard InChI is InChI=1S/C23H18FNO3/c24-18-12-10-16(11-13-18)15-25-20-9-5-4-8-19(20)23(28,22(25)27)14-21(26)17-6-2-1-3-7-17/h1-13,28H,14-15H2/t23-/m1/s1. The third-order valence-electron chi connectivity index (χ3n) is 5.01. The molecule has 1 N–H and O–H groups in total. The first-order valence-electron chi connectivity index (χ1n) is 8.95. The van der Waals surface area contributed by atoms with E-state index in [2.05, 4.69) is 0 Å². The lowest BCUT2D eigenvalue weighted by molar-refractivity contribution is -0.136. The monoisotopic (exact) mass is 375 g/mol. The zero-order valence-electron chi connectivity index (χ0n) is 15.0. The summed E-state index contributed by atoms with van der Waals surface area (Å²) in [6.45, 7) is 0.179. The smallest absolute Gasteiger partial charge is 0.264 e. The van der Waals surface area contributed by atoms with Crippen LogP contribution in [-0.4, -0.2) is 16.8 Å². The van der Waals surface area contributed by atoms with Crippen LogP contribution in [-0.2, 0) is 16.9 Å². The Balaban J connectivity index is 1.68. The molecule has 5 heteroatoms. The Morgan fingerprint density at radius 1 is 0.929 bits per heavy atom. The third-order valence-corrected chi connectivity index (χ3v) is 5.01. The number of hydrogen-bond acceptors (Lipinski definition) is 3. The summed E-state index contributed by atoms with van der Waals surface area (Å²) in [6, 6.07) is 21.3. The van der Waals surface area contributed by atoms with Gasteiger partial charge in [0.15, 0.2) is 11.4 Å². The van der Waals surface area contributed by atoms with Crippen molar-refractivity contribution in [2.45, 2.75) is 18.6 Å². The van der Waals surface area contributed by atoms with Gasteiger partial charge >= 0.3 is 0 Å². The zero-order chi connectivity index (χ0) is 19.7. The van der Waals surface area contributed by atoms with Crippen LogP contribution < -0.4 is 4.90 Å². The molecule has 4 nitrogen and oxygen atoms in total. The number of aliphatic hydroxyl groups is 1. The Morgan fingerprint density at radius 3 is 2.29 bits per heavy atom. The predicted molar refractivity (Wildman–Crippen MR) is 103 cm³/mol. The van der Waals surface area contributed by atoms with Gasteiger partial charge in [0, 0.05) is 11.1 Å². The number of Topliss-reactive ketones (excluding diaryl/α,β-unsaturated/α-hetero) is 1. The van der Waals surface area contributed by atoms with E-state index in [-0.39, 0.29) is 24.6 Å². The number of ketones is 1. The van der Waals surface area contributed by atoms with Crippen LogP contribution in [0.25, 0.3) is 0 Å². The van der Waals surface area contributed by atoms with Gasteiger partial charge in [-0.2, -0.15) is 0 Å². The molecule has 0 aromatic heterocycles. The van der Waals surface area contributed by atoms with Crippen molar-refractivity contribution in [3.8, 4) is 0 Å². The second kappa shape index (κ2) is 7.02. The number of para-hydroxylation sites is 1. The molecule has 1 amide bonds. The summed E-state index contributed by atoms with van der Waals surface area (Å²) in [5, 5.41) is 11.3. The number of nitrogens with zero attached hydrogens (tertiary/aromatic N) is 1. The number of fused-ring (bicyclic) bond motifs is 1. The Morgan fingerprint density at radius 2 is 1.57 bits per heavy atom. The highest BCUT2D eigenvalue weighted by atomic mass is 19.1. The molecule has 0 aliphatic carbocycles. The first-order chi connectivity index (χ1) is 13.5. The van der Waals surface area contributed by atoms with Crippen LogP contribution in [0.5, 0.6) is 0 Å². The maximum Gasteiger partial charge on any atom is 0.264 e. The van der Waals surface area contributed by atoms with Gasteiger partial charge in [-0.3, -0.25) is 9.59 Å². The maximum atomic E-state index is 13.2. The second-order valence-electron chi connectivity index (χ2n) is 6.86. The molecule has 0 saturated carbocycles. The summed E-state index contributed by atoms with van der Waals surface area (Å²) in [4.78, 5) is 27.3. The van der Waals surface area contributed by atoms with Crippen LogP contribution in [0.1, 0.15) is 27.9 Å². The van der Waals surface area contributed by atoms with E-state index in [0.717, 1.165) is 5.56 Å². The highest BCUT2D eigenvalue weighted by Crippen LogP contribution is 2.43. The molecule has 1 aliphatic rings. The van der Waals surface area contributed by atoms with Crippen LogP contribution >= 0.6 is 0 Å². The molecule has 4 rings (SSSR count). The highest BCUT2D eigenvalue weighted by molar-refractivity contribution is 6.10. The third kappa shape index (κ3) is 3.10. The van der Waals surface area contributed by atoms with Crippen molar-refractivity contribution in [2.75, 3.05) is 4.90 Å². The molecule has 0 saturated heterocycles. The molecule has 0 fully saturated rings. The topological polar surface area (TPSA) is 57.6 Å². The Kier molecular flexibility index (Phi) is 4.53. The summed E-state index contributed by atoms with van der Waals surface area (Å²) in [6.07, 6.45) is -0.340. The van der Waals surface area contributed by atoms with Gasteiger partial charge in [0.25, 0.3) is 5.91 Å². The first-order valence-corrected chi connectivity index (χ1v) is 8.95. The van der Waals surface area contributed by atoms with Crippen molar-refractivity contribution >= 4 is 17.4 Å². The van der Waals surface area contributed by atoms with E-state index in [1.165, 1.54) is 17.0 Å². The molecule has 0 spiro atoms. The molecular formula is C23H18FNO3. The van der Waals surface area contributed by atoms with Crippen LogP contribution in [0, 0.1) is 5.82 Å². The number of hydrogen-bond donors (Lipinski definition) is 1. The minimum absolute atomic E-state index is 0.179. The van der Waals surface area contributed by atoms with Crippen LogP contribution in [0.15, 0.2) is 78.9 Å².